The first kappa shape index (κ1) is 22.3. The lowest BCUT2D eigenvalue weighted by atomic mass is 10.1. The summed E-state index contributed by atoms with van der Waals surface area (Å²) < 4.78 is 5.22. The molecule has 1 aromatic heterocycles. The fraction of sp³-hybridized carbons (Fsp3) is 0.200. The van der Waals surface area contributed by atoms with Crippen LogP contribution in [0.1, 0.15) is 16.8 Å². The van der Waals surface area contributed by atoms with Crippen LogP contribution in [0, 0.1) is 0 Å². The molecule has 4 aromatic rings. The van der Waals surface area contributed by atoms with Crippen molar-refractivity contribution in [1.82, 2.24) is 20.3 Å². The minimum absolute atomic E-state index is 0.407. The first-order valence-corrected chi connectivity index (χ1v) is 11.2. The molecule has 7 heteroatoms. The lowest BCUT2D eigenvalue weighted by Crippen LogP contribution is -2.17. The quantitative estimate of drug-likeness (QED) is 0.324. The zero-order valence-corrected chi connectivity index (χ0v) is 19.3. The first-order chi connectivity index (χ1) is 15.6. The van der Waals surface area contributed by atoms with Gasteiger partial charge in [0.05, 0.1) is 13.7 Å². The molecule has 1 heterocycles. The number of hydrogen-bond donors (Lipinski definition) is 1. The molecule has 0 radical (unpaired) electrons. The van der Waals surface area contributed by atoms with Gasteiger partial charge in [0.2, 0.25) is 0 Å². The van der Waals surface area contributed by atoms with Crippen LogP contribution in [-0.4, -0.2) is 28.6 Å². The summed E-state index contributed by atoms with van der Waals surface area (Å²) in [6.07, 6.45) is 0.911. The molecular formula is C25H24Cl2N4O. The van der Waals surface area contributed by atoms with Gasteiger partial charge in [0.25, 0.3) is 0 Å². The topological polar surface area (TPSA) is 52.0 Å². The molecule has 164 valence electrons. The molecule has 0 aliphatic rings. The second kappa shape index (κ2) is 10.6. The van der Waals surface area contributed by atoms with Crippen LogP contribution in [0.4, 0.5) is 0 Å². The monoisotopic (exact) mass is 466 g/mol. The Morgan fingerprint density at radius 1 is 0.875 bits per heavy atom. The molecule has 1 N–H and O–H groups in total. The molecule has 0 aliphatic carbocycles. The van der Waals surface area contributed by atoms with Gasteiger partial charge in [-0.05, 0) is 42.8 Å². The number of hydrogen-bond acceptors (Lipinski definition) is 4. The van der Waals surface area contributed by atoms with E-state index in [0.717, 1.165) is 41.2 Å². The third-order valence-corrected chi connectivity index (χ3v) is 5.88. The van der Waals surface area contributed by atoms with Crippen molar-refractivity contribution in [3.05, 3.63) is 99.7 Å². The zero-order valence-electron chi connectivity index (χ0n) is 17.8. The predicted octanol–water partition coefficient (Wildman–Crippen LogP) is 5.64. The normalized spacial score (nSPS) is 11.0. The zero-order chi connectivity index (χ0) is 22.3. The van der Waals surface area contributed by atoms with Crippen LogP contribution in [0.3, 0.4) is 0 Å². The number of nitrogens with one attached hydrogen (secondary N) is 1. The Kier molecular flexibility index (Phi) is 7.43. The van der Waals surface area contributed by atoms with Crippen molar-refractivity contribution in [2.45, 2.75) is 19.5 Å². The average molecular weight is 467 g/mol. The molecular weight excluding hydrogens is 443 g/mol. The Balaban J connectivity index is 1.48. The van der Waals surface area contributed by atoms with Gasteiger partial charge in [-0.2, -0.15) is 15.0 Å². The Labute approximate surface area is 197 Å². The molecule has 0 saturated carbocycles. The van der Waals surface area contributed by atoms with Gasteiger partial charge in [0.15, 0.2) is 0 Å². The molecule has 0 amide bonds. The lowest BCUT2D eigenvalue weighted by Gasteiger charge is -2.06. The average Bonchev–Trinajstić information content (AvgIpc) is 3.23. The van der Waals surface area contributed by atoms with E-state index >= 15 is 0 Å². The molecule has 0 atom stereocenters. The van der Waals surface area contributed by atoms with Crippen LogP contribution in [0.2, 0.25) is 10.0 Å². The van der Waals surface area contributed by atoms with Gasteiger partial charge in [0, 0.05) is 27.7 Å². The molecule has 0 unspecified atom stereocenters. The third kappa shape index (κ3) is 5.49. The summed E-state index contributed by atoms with van der Waals surface area (Å²) in [5.41, 5.74) is 4.82. The van der Waals surface area contributed by atoms with Crippen molar-refractivity contribution < 1.29 is 4.74 Å². The Morgan fingerprint density at radius 3 is 2.28 bits per heavy atom. The van der Waals surface area contributed by atoms with Crippen molar-refractivity contribution in [3.63, 3.8) is 0 Å². The molecule has 0 bridgehead atoms. The smallest absolute Gasteiger partial charge is 0.118 e. The Hall–Kier alpha value is -2.86. The van der Waals surface area contributed by atoms with E-state index in [0.29, 0.717) is 23.1 Å². The van der Waals surface area contributed by atoms with Crippen LogP contribution in [0.5, 0.6) is 5.75 Å². The molecule has 5 nitrogen and oxygen atoms in total. The SMILES string of the molecule is COc1ccc(CCNCc2nn(Cc3c(Cl)cccc3Cl)nc2-c2ccccc2)cc1. The van der Waals surface area contributed by atoms with E-state index in [1.165, 1.54) is 5.56 Å². The fourth-order valence-corrected chi connectivity index (χ4v) is 3.97. The van der Waals surface area contributed by atoms with E-state index in [1.54, 1.807) is 11.9 Å². The van der Waals surface area contributed by atoms with Crippen LogP contribution in [-0.2, 0) is 19.5 Å². The van der Waals surface area contributed by atoms with Crippen molar-refractivity contribution in [2.24, 2.45) is 0 Å². The molecule has 0 saturated heterocycles. The van der Waals surface area contributed by atoms with Crippen LogP contribution < -0.4 is 10.1 Å². The van der Waals surface area contributed by atoms with Crippen LogP contribution in [0.25, 0.3) is 11.3 Å². The van der Waals surface area contributed by atoms with Gasteiger partial charge < -0.3 is 10.1 Å². The summed E-state index contributed by atoms with van der Waals surface area (Å²) in [5.74, 6) is 0.865. The number of benzene rings is 3. The maximum atomic E-state index is 6.35. The minimum atomic E-state index is 0.407. The lowest BCUT2D eigenvalue weighted by molar-refractivity contribution is 0.414. The van der Waals surface area contributed by atoms with E-state index in [1.807, 2.05) is 60.7 Å². The van der Waals surface area contributed by atoms with Crippen molar-refractivity contribution in [1.29, 1.82) is 0 Å². The molecule has 32 heavy (non-hydrogen) atoms. The maximum absolute atomic E-state index is 6.35. The molecule has 0 spiro atoms. The largest absolute Gasteiger partial charge is 0.497 e. The molecule has 0 aliphatic heterocycles. The Bertz CT molecular complexity index is 1140. The van der Waals surface area contributed by atoms with E-state index in [-0.39, 0.29) is 0 Å². The molecule has 4 rings (SSSR count). The molecule has 0 fully saturated rings. The number of halogens is 2. The highest BCUT2D eigenvalue weighted by Crippen LogP contribution is 2.26. The van der Waals surface area contributed by atoms with Crippen molar-refractivity contribution in [2.75, 3.05) is 13.7 Å². The number of methoxy groups -OCH3 is 1. The van der Waals surface area contributed by atoms with Gasteiger partial charge in [-0.1, -0.05) is 71.7 Å². The summed E-state index contributed by atoms with van der Waals surface area (Å²) in [6.45, 7) is 1.84. The highest BCUT2D eigenvalue weighted by molar-refractivity contribution is 6.35. The highest BCUT2D eigenvalue weighted by atomic mass is 35.5. The summed E-state index contributed by atoms with van der Waals surface area (Å²) in [6, 6.07) is 23.7. The second-order valence-electron chi connectivity index (χ2n) is 7.37. The number of ether oxygens (including phenoxy) is 1. The highest BCUT2D eigenvalue weighted by Gasteiger charge is 2.15. The van der Waals surface area contributed by atoms with Gasteiger partial charge in [-0.15, -0.1) is 0 Å². The predicted molar refractivity (Wildman–Crippen MR) is 129 cm³/mol. The van der Waals surface area contributed by atoms with Gasteiger partial charge in [0.1, 0.15) is 17.1 Å². The van der Waals surface area contributed by atoms with Crippen molar-refractivity contribution in [3.8, 4) is 17.0 Å². The van der Waals surface area contributed by atoms with Crippen molar-refractivity contribution >= 4 is 23.2 Å². The van der Waals surface area contributed by atoms with Gasteiger partial charge in [-0.25, -0.2) is 0 Å². The van der Waals surface area contributed by atoms with Crippen LogP contribution in [0.15, 0.2) is 72.8 Å². The minimum Gasteiger partial charge on any atom is -0.497 e. The summed E-state index contributed by atoms with van der Waals surface area (Å²) in [7, 11) is 1.67. The second-order valence-corrected chi connectivity index (χ2v) is 8.18. The van der Waals surface area contributed by atoms with Gasteiger partial charge in [-0.3, -0.25) is 0 Å². The standard InChI is InChI=1S/C25H24Cl2N4O/c1-32-20-12-10-18(11-13-20)14-15-28-16-24-25(19-6-3-2-4-7-19)30-31(29-24)17-21-22(26)8-5-9-23(21)27/h2-13,28H,14-17H2,1H3. The van der Waals surface area contributed by atoms with E-state index < -0.39 is 0 Å². The Morgan fingerprint density at radius 2 is 1.59 bits per heavy atom. The number of nitrogens with zero attached hydrogens (tertiary/aromatic N) is 3. The van der Waals surface area contributed by atoms with E-state index in [2.05, 4.69) is 17.4 Å². The number of rotatable bonds is 9. The summed E-state index contributed by atoms with van der Waals surface area (Å²) in [4.78, 5) is 1.66. The van der Waals surface area contributed by atoms with E-state index in [9.17, 15) is 0 Å². The van der Waals surface area contributed by atoms with Gasteiger partial charge >= 0.3 is 0 Å². The maximum Gasteiger partial charge on any atom is 0.118 e. The summed E-state index contributed by atoms with van der Waals surface area (Å²) in [5, 5.41) is 14.2. The van der Waals surface area contributed by atoms with E-state index in [4.69, 9.17) is 38.1 Å². The molecule has 3 aromatic carbocycles. The first-order valence-electron chi connectivity index (χ1n) is 10.4. The number of aromatic nitrogens is 3. The third-order valence-electron chi connectivity index (χ3n) is 5.18. The summed E-state index contributed by atoms with van der Waals surface area (Å²) >= 11 is 12.7. The fourth-order valence-electron chi connectivity index (χ4n) is 3.45. The van der Waals surface area contributed by atoms with Crippen LogP contribution >= 0.6 is 23.2 Å².